The van der Waals surface area contributed by atoms with Crippen LogP contribution in [0.2, 0.25) is 0 Å². The van der Waals surface area contributed by atoms with Crippen molar-refractivity contribution in [3.8, 4) is 5.75 Å². The van der Waals surface area contributed by atoms with Crippen molar-refractivity contribution in [2.75, 3.05) is 11.9 Å². The molecule has 1 rings (SSSR count). The van der Waals surface area contributed by atoms with E-state index in [0.29, 0.717) is 11.9 Å². The number of alkyl halides is 1. The number of carbonyl (C=O) groups excluding carboxylic acids is 1. The summed E-state index contributed by atoms with van der Waals surface area (Å²) in [5, 5.41) is 3.10. The lowest BCUT2D eigenvalue weighted by molar-refractivity contribution is -0.118. The molecule has 1 unspecified atom stereocenters. The summed E-state index contributed by atoms with van der Waals surface area (Å²) in [4.78, 5) is 11.1. The van der Waals surface area contributed by atoms with Gasteiger partial charge in [-0.2, -0.15) is 0 Å². The van der Waals surface area contributed by atoms with Gasteiger partial charge in [-0.3, -0.25) is 4.79 Å². The molecule has 18 heavy (non-hydrogen) atoms. The Bertz CT molecular complexity index is 365. The molecule has 4 heteroatoms. The van der Waals surface area contributed by atoms with Crippen molar-refractivity contribution in [3.05, 3.63) is 29.8 Å². The fourth-order valence-electron chi connectivity index (χ4n) is 1.60. The van der Waals surface area contributed by atoms with E-state index in [1.165, 1.54) is 5.56 Å². The molecule has 0 spiro atoms. The monoisotopic (exact) mass is 313 g/mol. The first-order valence-corrected chi connectivity index (χ1v) is 7.36. The molecule has 3 nitrogen and oxygen atoms in total. The number of nitrogens with one attached hydrogen (secondary N) is 1. The number of ether oxygens (including phenoxy) is 1. The lowest BCUT2D eigenvalue weighted by Gasteiger charge is -2.15. The SMILES string of the molecule is CCCc1ccc(OC(C)CNC(=O)CBr)cc1. The Hall–Kier alpha value is -1.03. The maximum Gasteiger partial charge on any atom is 0.230 e. The van der Waals surface area contributed by atoms with Crippen LogP contribution >= 0.6 is 15.9 Å². The van der Waals surface area contributed by atoms with E-state index >= 15 is 0 Å². The predicted molar refractivity (Wildman–Crippen MR) is 77.3 cm³/mol. The zero-order chi connectivity index (χ0) is 13.4. The molecule has 0 saturated heterocycles. The largest absolute Gasteiger partial charge is 0.489 e. The van der Waals surface area contributed by atoms with E-state index in [1.54, 1.807) is 0 Å². The lowest BCUT2D eigenvalue weighted by Crippen LogP contribution is -2.34. The minimum Gasteiger partial charge on any atom is -0.489 e. The summed E-state index contributed by atoms with van der Waals surface area (Å²) < 4.78 is 5.71. The number of rotatable bonds is 7. The molecular weight excluding hydrogens is 294 g/mol. The molecule has 0 heterocycles. The first-order valence-electron chi connectivity index (χ1n) is 6.24. The summed E-state index contributed by atoms with van der Waals surface area (Å²) >= 11 is 3.10. The van der Waals surface area contributed by atoms with Crippen molar-refractivity contribution < 1.29 is 9.53 Å². The zero-order valence-electron chi connectivity index (χ0n) is 10.9. The molecular formula is C14H20BrNO2. The Kier molecular flexibility index (Phi) is 6.80. The molecule has 0 fully saturated rings. The standard InChI is InChI=1S/C14H20BrNO2/c1-3-4-12-5-7-13(8-6-12)18-11(2)10-16-14(17)9-15/h5-8,11H,3-4,9-10H2,1-2H3,(H,16,17). The molecule has 0 radical (unpaired) electrons. The van der Waals surface area contributed by atoms with Gasteiger partial charge in [0.15, 0.2) is 0 Å². The second kappa shape index (κ2) is 8.14. The average Bonchev–Trinajstić information content (AvgIpc) is 2.38. The van der Waals surface area contributed by atoms with Crippen molar-refractivity contribution in [2.24, 2.45) is 0 Å². The van der Waals surface area contributed by atoms with Gasteiger partial charge >= 0.3 is 0 Å². The van der Waals surface area contributed by atoms with Crippen molar-refractivity contribution in [2.45, 2.75) is 32.8 Å². The lowest BCUT2D eigenvalue weighted by atomic mass is 10.1. The summed E-state index contributed by atoms with van der Waals surface area (Å²) in [6, 6.07) is 8.13. The molecule has 1 atom stereocenters. The maximum absolute atomic E-state index is 11.1. The number of halogens is 1. The van der Waals surface area contributed by atoms with Gasteiger partial charge in [-0.15, -0.1) is 0 Å². The fraction of sp³-hybridized carbons (Fsp3) is 0.500. The molecule has 1 amide bonds. The van der Waals surface area contributed by atoms with Crippen LogP contribution in [0.5, 0.6) is 5.75 Å². The van der Waals surface area contributed by atoms with Crippen LogP contribution in [-0.4, -0.2) is 23.9 Å². The third-order valence-electron chi connectivity index (χ3n) is 2.51. The second-order valence-electron chi connectivity index (χ2n) is 4.26. The van der Waals surface area contributed by atoms with Gasteiger partial charge in [0.1, 0.15) is 11.9 Å². The number of benzene rings is 1. The van der Waals surface area contributed by atoms with Gasteiger partial charge in [0.25, 0.3) is 0 Å². The molecule has 1 aromatic rings. The molecule has 0 aromatic heterocycles. The highest BCUT2D eigenvalue weighted by Gasteiger charge is 2.06. The Morgan fingerprint density at radius 2 is 2.06 bits per heavy atom. The van der Waals surface area contributed by atoms with Crippen LogP contribution in [0.3, 0.4) is 0 Å². The summed E-state index contributed by atoms with van der Waals surface area (Å²) in [6.45, 7) is 4.62. The summed E-state index contributed by atoms with van der Waals surface area (Å²) in [5.41, 5.74) is 1.32. The molecule has 0 aliphatic carbocycles. The normalized spacial score (nSPS) is 11.9. The highest BCUT2D eigenvalue weighted by atomic mass is 79.9. The Labute approximate surface area is 117 Å². The first-order chi connectivity index (χ1) is 8.65. The van der Waals surface area contributed by atoms with E-state index in [4.69, 9.17) is 4.74 Å². The van der Waals surface area contributed by atoms with Crippen LogP contribution in [0.15, 0.2) is 24.3 Å². The molecule has 1 N–H and O–H groups in total. The van der Waals surface area contributed by atoms with Gasteiger partial charge in [-0.25, -0.2) is 0 Å². The van der Waals surface area contributed by atoms with E-state index < -0.39 is 0 Å². The van der Waals surface area contributed by atoms with Gasteiger partial charge in [0.05, 0.1) is 11.9 Å². The number of hydrogen-bond acceptors (Lipinski definition) is 2. The average molecular weight is 314 g/mol. The summed E-state index contributed by atoms with van der Waals surface area (Å²) in [7, 11) is 0. The van der Waals surface area contributed by atoms with Crippen LogP contribution in [-0.2, 0) is 11.2 Å². The second-order valence-corrected chi connectivity index (χ2v) is 4.82. The highest BCUT2D eigenvalue weighted by Crippen LogP contribution is 2.14. The molecule has 0 bridgehead atoms. The van der Waals surface area contributed by atoms with Gasteiger partial charge in [-0.05, 0) is 31.0 Å². The first kappa shape index (κ1) is 15.0. The van der Waals surface area contributed by atoms with E-state index in [1.807, 2.05) is 19.1 Å². The molecule has 0 aliphatic heterocycles. The van der Waals surface area contributed by atoms with Crippen molar-refractivity contribution in [1.29, 1.82) is 0 Å². The van der Waals surface area contributed by atoms with Gasteiger partial charge in [0, 0.05) is 0 Å². The van der Waals surface area contributed by atoms with E-state index in [0.717, 1.165) is 18.6 Å². The van der Waals surface area contributed by atoms with Crippen molar-refractivity contribution in [3.63, 3.8) is 0 Å². The van der Waals surface area contributed by atoms with Gasteiger partial charge in [0.2, 0.25) is 5.91 Å². The quantitative estimate of drug-likeness (QED) is 0.786. The van der Waals surface area contributed by atoms with Crippen molar-refractivity contribution >= 4 is 21.8 Å². The van der Waals surface area contributed by atoms with Gasteiger partial charge < -0.3 is 10.1 Å². The highest BCUT2D eigenvalue weighted by molar-refractivity contribution is 9.09. The number of carbonyl (C=O) groups is 1. The van der Waals surface area contributed by atoms with Crippen molar-refractivity contribution in [1.82, 2.24) is 5.32 Å². The fourth-order valence-corrected chi connectivity index (χ4v) is 1.80. The molecule has 0 aliphatic rings. The number of hydrogen-bond donors (Lipinski definition) is 1. The van der Waals surface area contributed by atoms with Crippen LogP contribution in [0.4, 0.5) is 0 Å². The van der Waals surface area contributed by atoms with E-state index in [9.17, 15) is 4.79 Å². The van der Waals surface area contributed by atoms with E-state index in [-0.39, 0.29) is 12.0 Å². The molecule has 1 aromatic carbocycles. The minimum atomic E-state index is -0.0370. The number of amides is 1. The predicted octanol–water partition coefficient (Wildman–Crippen LogP) is 2.92. The summed E-state index contributed by atoms with van der Waals surface area (Å²) in [6.07, 6.45) is 2.21. The number of aryl methyl sites for hydroxylation is 1. The van der Waals surface area contributed by atoms with Crippen LogP contribution < -0.4 is 10.1 Å². The Morgan fingerprint density at radius 1 is 1.39 bits per heavy atom. The molecule has 100 valence electrons. The van der Waals surface area contributed by atoms with Crippen LogP contribution in [0, 0.1) is 0 Å². The third-order valence-corrected chi connectivity index (χ3v) is 3.02. The summed E-state index contributed by atoms with van der Waals surface area (Å²) in [5.74, 6) is 0.819. The maximum atomic E-state index is 11.1. The van der Waals surface area contributed by atoms with E-state index in [2.05, 4.69) is 40.3 Å². The van der Waals surface area contributed by atoms with Crippen LogP contribution in [0.1, 0.15) is 25.8 Å². The topological polar surface area (TPSA) is 38.3 Å². The van der Waals surface area contributed by atoms with Gasteiger partial charge in [-0.1, -0.05) is 41.4 Å². The smallest absolute Gasteiger partial charge is 0.230 e. The minimum absolute atomic E-state index is 0.0243. The molecule has 0 saturated carbocycles. The zero-order valence-corrected chi connectivity index (χ0v) is 12.5. The third kappa shape index (κ3) is 5.54. The Balaban J connectivity index is 2.39. The van der Waals surface area contributed by atoms with Crippen LogP contribution in [0.25, 0.3) is 0 Å². The Morgan fingerprint density at radius 3 is 2.61 bits per heavy atom.